The Morgan fingerprint density at radius 1 is 1.58 bits per heavy atom. The summed E-state index contributed by atoms with van der Waals surface area (Å²) in [6.45, 7) is 2.29. The van der Waals surface area contributed by atoms with Gasteiger partial charge in [0.1, 0.15) is 5.76 Å². The quantitative estimate of drug-likeness (QED) is 0.834. The van der Waals surface area contributed by atoms with Crippen molar-refractivity contribution in [3.8, 4) is 0 Å². The zero-order chi connectivity index (χ0) is 14.0. The molecule has 5 heteroatoms. The molecule has 1 aliphatic carbocycles. The molecule has 104 valence electrons. The first-order chi connectivity index (χ1) is 9.02. The zero-order valence-electron chi connectivity index (χ0n) is 11.2. The molecular weight excluding hydrogens is 246 g/mol. The normalized spacial score (nSPS) is 28.2. The molecule has 19 heavy (non-hydrogen) atoms. The van der Waals surface area contributed by atoms with E-state index in [1.54, 1.807) is 12.0 Å². The van der Waals surface area contributed by atoms with Gasteiger partial charge in [-0.1, -0.05) is 6.08 Å². The van der Waals surface area contributed by atoms with Gasteiger partial charge in [0.15, 0.2) is 0 Å². The van der Waals surface area contributed by atoms with Gasteiger partial charge in [0.05, 0.1) is 13.0 Å². The van der Waals surface area contributed by atoms with Gasteiger partial charge in [-0.05, 0) is 25.5 Å². The maximum atomic E-state index is 11.9. The number of carbonyl (C=O) groups excluding carboxylic acids is 1. The molecule has 0 spiro atoms. The Balaban J connectivity index is 2.00. The molecule has 0 bridgehead atoms. The summed E-state index contributed by atoms with van der Waals surface area (Å²) in [7, 11) is 1.63. The predicted molar refractivity (Wildman–Crippen MR) is 69.3 cm³/mol. The Hall–Kier alpha value is -1.78. The molecule has 2 aliphatic rings. The highest BCUT2D eigenvalue weighted by Gasteiger charge is 2.38. The number of carboxylic acids is 1. The number of hydrogen-bond acceptors (Lipinski definition) is 3. The average Bonchev–Trinajstić information content (AvgIpc) is 2.80. The van der Waals surface area contributed by atoms with Crippen molar-refractivity contribution in [3.63, 3.8) is 0 Å². The van der Waals surface area contributed by atoms with Crippen LogP contribution in [0.3, 0.4) is 0 Å². The van der Waals surface area contributed by atoms with Crippen LogP contribution in [0.1, 0.15) is 19.8 Å². The molecule has 2 rings (SSSR count). The van der Waals surface area contributed by atoms with Crippen LogP contribution in [0.2, 0.25) is 0 Å². The van der Waals surface area contributed by atoms with Gasteiger partial charge in [-0.25, -0.2) is 0 Å². The van der Waals surface area contributed by atoms with Crippen LogP contribution in [0.4, 0.5) is 0 Å². The van der Waals surface area contributed by atoms with Crippen molar-refractivity contribution < 1.29 is 19.4 Å². The highest BCUT2D eigenvalue weighted by atomic mass is 16.5. The van der Waals surface area contributed by atoms with Gasteiger partial charge >= 0.3 is 5.97 Å². The first kappa shape index (κ1) is 13.6. The SMILES string of the molecule is COC1=CCC([C@H](C)N2CC(C(=O)O)CC2=O)C=C1. The largest absolute Gasteiger partial charge is 0.497 e. The maximum absolute atomic E-state index is 11.9. The topological polar surface area (TPSA) is 66.8 Å². The summed E-state index contributed by atoms with van der Waals surface area (Å²) < 4.78 is 5.13. The minimum absolute atomic E-state index is 0.0164. The third-order valence-corrected chi connectivity index (χ3v) is 3.95. The number of aliphatic carboxylic acids is 1. The number of amides is 1. The first-order valence-corrected chi connectivity index (χ1v) is 6.47. The number of rotatable bonds is 4. The second kappa shape index (κ2) is 5.47. The number of carboxylic acid groups (broad SMARTS) is 1. The van der Waals surface area contributed by atoms with Crippen molar-refractivity contribution in [3.05, 3.63) is 24.0 Å². The standard InChI is InChI=1S/C14H19NO4/c1-9(10-3-5-12(19-2)6-4-10)15-8-11(14(17)18)7-13(15)16/h3,5-6,9-11H,4,7-8H2,1-2H3,(H,17,18)/t9-,10?,11?/m0/s1. The Bertz CT molecular complexity index is 441. The molecule has 1 aliphatic heterocycles. The van der Waals surface area contributed by atoms with E-state index in [0.717, 1.165) is 12.2 Å². The molecule has 1 heterocycles. The molecule has 0 aromatic rings. The molecule has 1 amide bonds. The summed E-state index contributed by atoms with van der Waals surface area (Å²) in [6.07, 6.45) is 6.86. The van der Waals surface area contributed by atoms with Crippen LogP contribution < -0.4 is 0 Å². The zero-order valence-corrected chi connectivity index (χ0v) is 11.2. The summed E-state index contributed by atoms with van der Waals surface area (Å²) in [6, 6.07) is 0.0164. The van der Waals surface area contributed by atoms with E-state index in [1.165, 1.54) is 0 Å². The molecule has 1 saturated heterocycles. The molecule has 3 atom stereocenters. The van der Waals surface area contributed by atoms with Crippen LogP contribution in [-0.2, 0) is 14.3 Å². The number of allylic oxidation sites excluding steroid dienone is 2. The van der Waals surface area contributed by atoms with Gasteiger partial charge < -0.3 is 14.7 Å². The summed E-state index contributed by atoms with van der Waals surface area (Å²) in [5, 5.41) is 8.99. The van der Waals surface area contributed by atoms with Gasteiger partial charge in [0, 0.05) is 24.9 Å². The molecule has 2 unspecified atom stereocenters. The van der Waals surface area contributed by atoms with Gasteiger partial charge in [0.2, 0.25) is 5.91 Å². The summed E-state index contributed by atoms with van der Waals surface area (Å²) in [5.74, 6) is -0.457. The lowest BCUT2D eigenvalue weighted by Gasteiger charge is -2.31. The summed E-state index contributed by atoms with van der Waals surface area (Å²) >= 11 is 0. The van der Waals surface area contributed by atoms with Gasteiger partial charge in [-0.3, -0.25) is 9.59 Å². The van der Waals surface area contributed by atoms with E-state index in [1.807, 2.05) is 25.2 Å². The fourth-order valence-corrected chi connectivity index (χ4v) is 2.65. The van der Waals surface area contributed by atoms with Crippen LogP contribution >= 0.6 is 0 Å². The van der Waals surface area contributed by atoms with Crippen molar-refractivity contribution in [2.75, 3.05) is 13.7 Å². The highest BCUT2D eigenvalue weighted by Crippen LogP contribution is 2.28. The van der Waals surface area contributed by atoms with Gasteiger partial charge in [-0.2, -0.15) is 0 Å². The van der Waals surface area contributed by atoms with Crippen molar-refractivity contribution >= 4 is 11.9 Å². The van der Waals surface area contributed by atoms with Gasteiger partial charge in [-0.15, -0.1) is 0 Å². The third-order valence-electron chi connectivity index (χ3n) is 3.95. The first-order valence-electron chi connectivity index (χ1n) is 6.47. The highest BCUT2D eigenvalue weighted by molar-refractivity contribution is 5.86. The molecule has 1 fully saturated rings. The molecule has 0 saturated carbocycles. The van der Waals surface area contributed by atoms with Crippen LogP contribution in [0.15, 0.2) is 24.0 Å². The molecule has 0 radical (unpaired) electrons. The lowest BCUT2D eigenvalue weighted by atomic mass is 9.92. The Kier molecular flexibility index (Phi) is 3.93. The lowest BCUT2D eigenvalue weighted by molar-refractivity contribution is -0.141. The molecule has 0 aromatic carbocycles. The number of nitrogens with zero attached hydrogens (tertiary/aromatic N) is 1. The fraction of sp³-hybridized carbons (Fsp3) is 0.571. The van der Waals surface area contributed by atoms with Crippen LogP contribution in [0, 0.1) is 11.8 Å². The number of ether oxygens (including phenoxy) is 1. The molecule has 5 nitrogen and oxygen atoms in total. The Morgan fingerprint density at radius 3 is 2.79 bits per heavy atom. The minimum atomic E-state index is -0.885. The third kappa shape index (κ3) is 2.80. The van der Waals surface area contributed by atoms with Crippen molar-refractivity contribution in [2.24, 2.45) is 11.8 Å². The predicted octanol–water partition coefficient (Wildman–Crippen LogP) is 1.41. The molecule has 1 N–H and O–H groups in total. The minimum Gasteiger partial charge on any atom is -0.497 e. The molecule has 0 aromatic heterocycles. The van der Waals surface area contributed by atoms with E-state index in [2.05, 4.69) is 0 Å². The smallest absolute Gasteiger partial charge is 0.308 e. The summed E-state index contributed by atoms with van der Waals surface area (Å²) in [5.41, 5.74) is 0. The number of methoxy groups -OCH3 is 1. The second-order valence-corrected chi connectivity index (χ2v) is 5.10. The van der Waals surface area contributed by atoms with E-state index in [0.29, 0.717) is 6.54 Å². The van der Waals surface area contributed by atoms with E-state index in [4.69, 9.17) is 9.84 Å². The van der Waals surface area contributed by atoms with Crippen LogP contribution in [-0.4, -0.2) is 41.6 Å². The maximum Gasteiger partial charge on any atom is 0.308 e. The van der Waals surface area contributed by atoms with E-state index >= 15 is 0 Å². The number of hydrogen-bond donors (Lipinski definition) is 1. The number of carbonyl (C=O) groups is 2. The van der Waals surface area contributed by atoms with E-state index < -0.39 is 11.9 Å². The Morgan fingerprint density at radius 2 is 2.32 bits per heavy atom. The monoisotopic (exact) mass is 265 g/mol. The number of likely N-dealkylation sites (tertiary alicyclic amines) is 1. The molecular formula is C14H19NO4. The fourth-order valence-electron chi connectivity index (χ4n) is 2.65. The van der Waals surface area contributed by atoms with Crippen LogP contribution in [0.25, 0.3) is 0 Å². The van der Waals surface area contributed by atoms with Gasteiger partial charge in [0.25, 0.3) is 0 Å². The van der Waals surface area contributed by atoms with E-state index in [9.17, 15) is 9.59 Å². The Labute approximate surface area is 112 Å². The van der Waals surface area contributed by atoms with Crippen molar-refractivity contribution in [1.29, 1.82) is 0 Å². The van der Waals surface area contributed by atoms with Crippen molar-refractivity contribution in [1.82, 2.24) is 4.90 Å². The van der Waals surface area contributed by atoms with E-state index in [-0.39, 0.29) is 24.3 Å². The lowest BCUT2D eigenvalue weighted by Crippen LogP contribution is -2.39. The average molecular weight is 265 g/mol. The van der Waals surface area contributed by atoms with Crippen molar-refractivity contribution in [2.45, 2.75) is 25.8 Å². The second-order valence-electron chi connectivity index (χ2n) is 5.10. The van der Waals surface area contributed by atoms with Crippen LogP contribution in [0.5, 0.6) is 0 Å². The summed E-state index contributed by atoms with van der Waals surface area (Å²) in [4.78, 5) is 24.5.